The second-order valence-electron chi connectivity index (χ2n) is 4.02. The average molecular weight is 242 g/mol. The number of hydrogen-bond acceptors (Lipinski definition) is 2. The molecule has 2 aromatic rings. The van der Waals surface area contributed by atoms with Crippen LogP contribution in [0.3, 0.4) is 0 Å². The number of hydrogen-bond donors (Lipinski definition) is 1. The Labute approximate surface area is 105 Å². The van der Waals surface area contributed by atoms with Gasteiger partial charge in [0.1, 0.15) is 5.82 Å². The van der Waals surface area contributed by atoms with Crippen molar-refractivity contribution in [2.24, 2.45) is 7.05 Å². The van der Waals surface area contributed by atoms with Gasteiger partial charge in [-0.3, -0.25) is 0 Å². The van der Waals surface area contributed by atoms with Crippen LogP contribution in [0.1, 0.15) is 11.4 Å². The highest BCUT2D eigenvalue weighted by Crippen LogP contribution is 2.17. The van der Waals surface area contributed by atoms with Crippen LogP contribution in [0.25, 0.3) is 17.1 Å². The molecule has 0 amide bonds. The second-order valence-corrected chi connectivity index (χ2v) is 4.02. The van der Waals surface area contributed by atoms with E-state index < -0.39 is 5.97 Å². The molecule has 2 rings (SSSR count). The topological polar surface area (TPSA) is 55.1 Å². The number of benzene rings is 1. The van der Waals surface area contributed by atoms with E-state index in [1.165, 1.54) is 6.08 Å². The van der Waals surface area contributed by atoms with Crippen LogP contribution in [-0.4, -0.2) is 20.6 Å². The number of fused-ring (bicyclic) bond motifs is 1. The van der Waals surface area contributed by atoms with E-state index in [2.05, 4.69) is 4.98 Å². The number of rotatable bonds is 3. The van der Waals surface area contributed by atoms with Crippen LogP contribution < -0.4 is 0 Å². The van der Waals surface area contributed by atoms with Gasteiger partial charge in [-0.05, 0) is 24.6 Å². The third-order valence-electron chi connectivity index (χ3n) is 2.77. The number of imidazole rings is 1. The van der Waals surface area contributed by atoms with Crippen molar-refractivity contribution in [3.63, 3.8) is 0 Å². The molecule has 0 saturated heterocycles. The molecule has 0 spiro atoms. The minimum absolute atomic E-state index is 0.944. The molecule has 1 N–H and O–H groups in total. The van der Waals surface area contributed by atoms with Gasteiger partial charge in [-0.15, -0.1) is 0 Å². The Bertz CT molecular complexity index is 651. The van der Waals surface area contributed by atoms with E-state index >= 15 is 0 Å². The molecule has 92 valence electrons. The Morgan fingerprint density at radius 3 is 2.89 bits per heavy atom. The number of carbonyl (C=O) groups is 1. The van der Waals surface area contributed by atoms with Gasteiger partial charge in [-0.1, -0.05) is 24.3 Å². The van der Waals surface area contributed by atoms with Crippen LogP contribution in [-0.2, 0) is 11.8 Å². The van der Waals surface area contributed by atoms with Crippen molar-refractivity contribution in [2.45, 2.75) is 6.92 Å². The molecule has 0 aliphatic carbocycles. The summed E-state index contributed by atoms with van der Waals surface area (Å²) in [5.41, 5.74) is 3.03. The largest absolute Gasteiger partial charge is 0.478 e. The van der Waals surface area contributed by atoms with Gasteiger partial charge in [-0.2, -0.15) is 0 Å². The van der Waals surface area contributed by atoms with Crippen LogP contribution in [0.4, 0.5) is 0 Å². The molecule has 0 aliphatic rings. The van der Waals surface area contributed by atoms with Gasteiger partial charge in [0, 0.05) is 13.1 Å². The van der Waals surface area contributed by atoms with E-state index in [1.807, 2.05) is 42.8 Å². The van der Waals surface area contributed by atoms with Gasteiger partial charge in [0.2, 0.25) is 0 Å². The van der Waals surface area contributed by atoms with Gasteiger partial charge < -0.3 is 9.67 Å². The second kappa shape index (κ2) is 4.87. The average Bonchev–Trinajstić information content (AvgIpc) is 2.60. The van der Waals surface area contributed by atoms with Crippen LogP contribution in [0.15, 0.2) is 36.4 Å². The number of carboxylic acid groups (broad SMARTS) is 1. The molecule has 0 radical (unpaired) electrons. The molecule has 0 fully saturated rings. The normalized spacial score (nSPS) is 11.9. The van der Waals surface area contributed by atoms with E-state index in [0.717, 1.165) is 28.5 Å². The van der Waals surface area contributed by atoms with Crippen LogP contribution >= 0.6 is 0 Å². The fourth-order valence-electron chi connectivity index (χ4n) is 1.75. The van der Waals surface area contributed by atoms with Crippen molar-refractivity contribution in [3.05, 3.63) is 47.8 Å². The zero-order chi connectivity index (χ0) is 13.1. The highest BCUT2D eigenvalue weighted by Gasteiger charge is 2.03. The number of aromatic nitrogens is 2. The van der Waals surface area contributed by atoms with E-state index in [4.69, 9.17) is 5.11 Å². The molecule has 1 aromatic heterocycles. The van der Waals surface area contributed by atoms with Gasteiger partial charge >= 0.3 is 5.97 Å². The van der Waals surface area contributed by atoms with Crippen molar-refractivity contribution in [2.75, 3.05) is 0 Å². The first kappa shape index (κ1) is 12.1. The first-order chi connectivity index (χ1) is 8.58. The van der Waals surface area contributed by atoms with Gasteiger partial charge in [0.05, 0.1) is 11.0 Å². The lowest BCUT2D eigenvalue weighted by Gasteiger charge is -1.96. The van der Waals surface area contributed by atoms with Crippen molar-refractivity contribution in [3.8, 4) is 0 Å². The molecule has 0 unspecified atom stereocenters. The molecule has 1 aromatic carbocycles. The quantitative estimate of drug-likeness (QED) is 0.664. The minimum atomic E-state index is -0.949. The molecular formula is C14H14N2O2. The maximum absolute atomic E-state index is 10.3. The summed E-state index contributed by atoms with van der Waals surface area (Å²) in [4.78, 5) is 14.7. The number of carboxylic acids is 1. The maximum atomic E-state index is 10.3. The van der Waals surface area contributed by atoms with Crippen molar-refractivity contribution in [1.29, 1.82) is 0 Å². The minimum Gasteiger partial charge on any atom is -0.478 e. The van der Waals surface area contributed by atoms with Crippen LogP contribution in [0.2, 0.25) is 0 Å². The highest BCUT2D eigenvalue weighted by molar-refractivity contribution is 5.81. The number of allylic oxidation sites excluding steroid dienone is 2. The van der Waals surface area contributed by atoms with Gasteiger partial charge in [-0.25, -0.2) is 9.78 Å². The summed E-state index contributed by atoms with van der Waals surface area (Å²) in [6, 6.07) is 5.97. The standard InChI is InChI=1S/C14H14N2O2/c1-10-15-12-9-11(5-3-4-6-14(17)18)7-8-13(12)16(10)2/h3-9H,1-2H3,(H,17,18)/b5-3+,6-4+. The van der Waals surface area contributed by atoms with Gasteiger partial charge in [0.25, 0.3) is 0 Å². The fraction of sp³-hybridized carbons (Fsp3) is 0.143. The Morgan fingerprint density at radius 2 is 2.17 bits per heavy atom. The first-order valence-corrected chi connectivity index (χ1v) is 5.58. The predicted octanol–water partition coefficient (Wildman–Crippen LogP) is 2.54. The van der Waals surface area contributed by atoms with E-state index in [9.17, 15) is 4.79 Å². The molecule has 0 saturated carbocycles. The van der Waals surface area contributed by atoms with Crippen molar-refractivity contribution >= 4 is 23.1 Å². The van der Waals surface area contributed by atoms with E-state index in [0.29, 0.717) is 0 Å². The lowest BCUT2D eigenvalue weighted by atomic mass is 10.2. The fourth-order valence-corrected chi connectivity index (χ4v) is 1.75. The SMILES string of the molecule is Cc1nc2cc(/C=C/C=C/C(=O)O)ccc2n1C. The first-order valence-electron chi connectivity index (χ1n) is 5.58. The number of aliphatic carboxylic acids is 1. The Kier molecular flexibility index (Phi) is 3.28. The van der Waals surface area contributed by atoms with Crippen molar-refractivity contribution < 1.29 is 9.90 Å². The lowest BCUT2D eigenvalue weighted by Crippen LogP contribution is -1.89. The van der Waals surface area contributed by atoms with Gasteiger partial charge in [0.15, 0.2) is 0 Å². The molecule has 18 heavy (non-hydrogen) atoms. The Morgan fingerprint density at radius 1 is 1.39 bits per heavy atom. The molecule has 0 aliphatic heterocycles. The highest BCUT2D eigenvalue weighted by atomic mass is 16.4. The summed E-state index contributed by atoms with van der Waals surface area (Å²) in [5, 5.41) is 8.45. The molecule has 4 nitrogen and oxygen atoms in total. The van der Waals surface area contributed by atoms with E-state index in [1.54, 1.807) is 6.08 Å². The van der Waals surface area contributed by atoms with Crippen LogP contribution in [0.5, 0.6) is 0 Å². The third kappa shape index (κ3) is 2.48. The van der Waals surface area contributed by atoms with Crippen molar-refractivity contribution in [1.82, 2.24) is 9.55 Å². The number of aryl methyl sites for hydroxylation is 2. The molecule has 0 atom stereocenters. The summed E-state index contributed by atoms with van der Waals surface area (Å²) in [6.07, 6.45) is 6.14. The summed E-state index contributed by atoms with van der Waals surface area (Å²) in [5.74, 6) is 0.0207. The summed E-state index contributed by atoms with van der Waals surface area (Å²) < 4.78 is 2.03. The zero-order valence-corrected chi connectivity index (χ0v) is 10.3. The number of nitrogens with zero attached hydrogens (tertiary/aromatic N) is 2. The van der Waals surface area contributed by atoms with Crippen LogP contribution in [0, 0.1) is 6.92 Å². The summed E-state index contributed by atoms with van der Waals surface area (Å²) >= 11 is 0. The summed E-state index contributed by atoms with van der Waals surface area (Å²) in [6.45, 7) is 1.96. The van der Waals surface area contributed by atoms with E-state index in [-0.39, 0.29) is 0 Å². The monoisotopic (exact) mass is 242 g/mol. The lowest BCUT2D eigenvalue weighted by molar-refractivity contribution is -0.131. The Balaban J connectivity index is 2.28. The third-order valence-corrected chi connectivity index (χ3v) is 2.77. The molecule has 1 heterocycles. The maximum Gasteiger partial charge on any atom is 0.328 e. The molecular weight excluding hydrogens is 228 g/mol. The molecule has 0 bridgehead atoms. The molecule has 4 heteroatoms. The zero-order valence-electron chi connectivity index (χ0n) is 10.3. The smallest absolute Gasteiger partial charge is 0.328 e. The predicted molar refractivity (Wildman–Crippen MR) is 71.3 cm³/mol. The summed E-state index contributed by atoms with van der Waals surface area (Å²) in [7, 11) is 1.98. The Hall–Kier alpha value is -2.36.